The average molecular weight is 288 g/mol. The molecule has 0 fully saturated rings. The predicted molar refractivity (Wildman–Crippen MR) is 69.6 cm³/mol. The Morgan fingerprint density at radius 3 is 2.47 bits per heavy atom. The van der Waals surface area contributed by atoms with E-state index in [1.54, 1.807) is 6.07 Å². The van der Waals surface area contributed by atoms with Crippen LogP contribution in [0.25, 0.3) is 0 Å². The van der Waals surface area contributed by atoms with Gasteiger partial charge in [-0.1, -0.05) is 34.1 Å². The van der Waals surface area contributed by atoms with Crippen LogP contribution < -0.4 is 4.74 Å². The second-order valence-corrected chi connectivity index (χ2v) is 4.43. The van der Waals surface area contributed by atoms with Gasteiger partial charge in [0.1, 0.15) is 12.4 Å². The maximum atomic E-state index is 8.94. The van der Waals surface area contributed by atoms with E-state index in [1.807, 2.05) is 42.5 Å². The van der Waals surface area contributed by atoms with Crippen LogP contribution in [0.1, 0.15) is 11.1 Å². The van der Waals surface area contributed by atoms with E-state index in [2.05, 4.69) is 22.0 Å². The maximum Gasteiger partial charge on any atom is 0.119 e. The molecule has 0 N–H and O–H groups in total. The molecule has 0 saturated heterocycles. The van der Waals surface area contributed by atoms with Crippen LogP contribution in [0.2, 0.25) is 0 Å². The highest BCUT2D eigenvalue weighted by Gasteiger charge is 2.01. The van der Waals surface area contributed by atoms with Gasteiger partial charge in [-0.2, -0.15) is 5.26 Å². The van der Waals surface area contributed by atoms with Crippen molar-refractivity contribution in [2.75, 3.05) is 0 Å². The van der Waals surface area contributed by atoms with Crippen LogP contribution in [0.15, 0.2) is 53.0 Å². The molecule has 0 atom stereocenters. The normalized spacial score (nSPS) is 9.65. The summed E-state index contributed by atoms with van der Waals surface area (Å²) in [4.78, 5) is 0. The molecule has 0 bridgehead atoms. The third-order valence-electron chi connectivity index (χ3n) is 2.35. The topological polar surface area (TPSA) is 33.0 Å². The Kier molecular flexibility index (Phi) is 3.79. The Bertz CT molecular complexity index is 543. The van der Waals surface area contributed by atoms with Crippen molar-refractivity contribution in [3.63, 3.8) is 0 Å². The van der Waals surface area contributed by atoms with E-state index < -0.39 is 0 Å². The number of hydrogen-bond acceptors (Lipinski definition) is 2. The molecule has 0 radical (unpaired) electrons. The quantitative estimate of drug-likeness (QED) is 0.858. The van der Waals surface area contributed by atoms with Gasteiger partial charge in [-0.15, -0.1) is 0 Å². The summed E-state index contributed by atoms with van der Waals surface area (Å²) in [6.45, 7) is 0.408. The zero-order chi connectivity index (χ0) is 12.1. The van der Waals surface area contributed by atoms with Gasteiger partial charge >= 0.3 is 0 Å². The molecule has 0 aliphatic heterocycles. The molecule has 2 nitrogen and oxygen atoms in total. The number of nitrogens with zero attached hydrogens (tertiary/aromatic N) is 1. The van der Waals surface area contributed by atoms with Crippen molar-refractivity contribution in [2.45, 2.75) is 6.61 Å². The summed E-state index contributed by atoms with van der Waals surface area (Å²) in [5.41, 5.74) is 1.56. The summed E-state index contributed by atoms with van der Waals surface area (Å²) in [7, 11) is 0. The molecule has 0 aromatic heterocycles. The summed E-state index contributed by atoms with van der Waals surface area (Å²) in [5, 5.41) is 8.94. The van der Waals surface area contributed by atoms with E-state index in [0.29, 0.717) is 12.2 Å². The summed E-state index contributed by atoms with van der Waals surface area (Å²) in [6, 6.07) is 17.2. The highest BCUT2D eigenvalue weighted by molar-refractivity contribution is 9.10. The highest BCUT2D eigenvalue weighted by Crippen LogP contribution is 2.18. The SMILES string of the molecule is N#Cc1ccccc1COc1ccc(Br)cc1. The number of hydrogen-bond donors (Lipinski definition) is 0. The van der Waals surface area contributed by atoms with E-state index in [9.17, 15) is 0 Å². The zero-order valence-electron chi connectivity index (χ0n) is 9.06. The first-order valence-corrected chi connectivity index (χ1v) is 5.95. The smallest absolute Gasteiger partial charge is 0.119 e. The molecule has 2 aromatic rings. The minimum absolute atomic E-state index is 0.408. The van der Waals surface area contributed by atoms with Crippen molar-refractivity contribution < 1.29 is 4.74 Å². The number of rotatable bonds is 3. The Labute approximate surface area is 109 Å². The fourth-order valence-electron chi connectivity index (χ4n) is 1.45. The monoisotopic (exact) mass is 287 g/mol. The summed E-state index contributed by atoms with van der Waals surface area (Å²) in [5.74, 6) is 0.793. The molecule has 0 spiro atoms. The van der Waals surface area contributed by atoms with Crippen LogP contribution in [-0.2, 0) is 6.61 Å². The molecule has 0 amide bonds. The first-order valence-electron chi connectivity index (χ1n) is 5.16. The van der Waals surface area contributed by atoms with Gasteiger partial charge in [0, 0.05) is 10.0 Å². The van der Waals surface area contributed by atoms with Gasteiger partial charge in [-0.3, -0.25) is 0 Å². The molecule has 0 unspecified atom stereocenters. The van der Waals surface area contributed by atoms with Crippen LogP contribution in [0, 0.1) is 11.3 Å². The lowest BCUT2D eigenvalue weighted by Crippen LogP contribution is -1.97. The lowest BCUT2D eigenvalue weighted by molar-refractivity contribution is 0.306. The summed E-state index contributed by atoms with van der Waals surface area (Å²) in [6.07, 6.45) is 0. The minimum Gasteiger partial charge on any atom is -0.489 e. The number of nitriles is 1. The van der Waals surface area contributed by atoms with Crippen molar-refractivity contribution in [3.8, 4) is 11.8 Å². The van der Waals surface area contributed by atoms with E-state index in [1.165, 1.54) is 0 Å². The van der Waals surface area contributed by atoms with Crippen LogP contribution in [0.4, 0.5) is 0 Å². The molecule has 3 heteroatoms. The lowest BCUT2D eigenvalue weighted by Gasteiger charge is -2.07. The summed E-state index contributed by atoms with van der Waals surface area (Å²) < 4.78 is 6.63. The van der Waals surface area contributed by atoms with Gasteiger partial charge < -0.3 is 4.74 Å². The maximum absolute atomic E-state index is 8.94. The van der Waals surface area contributed by atoms with E-state index in [-0.39, 0.29) is 0 Å². The highest BCUT2D eigenvalue weighted by atomic mass is 79.9. The molecular weight excluding hydrogens is 278 g/mol. The van der Waals surface area contributed by atoms with Crippen LogP contribution in [0.5, 0.6) is 5.75 Å². The van der Waals surface area contributed by atoms with E-state index in [0.717, 1.165) is 15.8 Å². The minimum atomic E-state index is 0.408. The Morgan fingerprint density at radius 1 is 1.06 bits per heavy atom. The zero-order valence-corrected chi connectivity index (χ0v) is 10.6. The predicted octanol–water partition coefficient (Wildman–Crippen LogP) is 3.90. The van der Waals surface area contributed by atoms with E-state index in [4.69, 9.17) is 10.00 Å². The molecule has 0 aliphatic rings. The Balaban J connectivity index is 2.08. The van der Waals surface area contributed by atoms with Crippen molar-refractivity contribution in [1.82, 2.24) is 0 Å². The second-order valence-electron chi connectivity index (χ2n) is 3.51. The fourth-order valence-corrected chi connectivity index (χ4v) is 1.71. The van der Waals surface area contributed by atoms with Crippen LogP contribution >= 0.6 is 15.9 Å². The Morgan fingerprint density at radius 2 is 1.76 bits per heavy atom. The van der Waals surface area contributed by atoms with Gasteiger partial charge in [0.05, 0.1) is 11.6 Å². The number of halogens is 1. The first kappa shape index (κ1) is 11.7. The standard InChI is InChI=1S/C14H10BrNO/c15-13-5-7-14(8-6-13)17-10-12-4-2-1-3-11(12)9-16/h1-8H,10H2. The van der Waals surface area contributed by atoms with Crippen molar-refractivity contribution in [2.24, 2.45) is 0 Å². The van der Waals surface area contributed by atoms with Gasteiger partial charge in [0.2, 0.25) is 0 Å². The molecule has 0 aliphatic carbocycles. The third-order valence-corrected chi connectivity index (χ3v) is 2.87. The summed E-state index contributed by atoms with van der Waals surface area (Å²) >= 11 is 3.37. The molecule has 2 aromatic carbocycles. The largest absolute Gasteiger partial charge is 0.489 e. The number of ether oxygens (including phenoxy) is 1. The average Bonchev–Trinajstić information content (AvgIpc) is 2.38. The lowest BCUT2D eigenvalue weighted by atomic mass is 10.1. The number of benzene rings is 2. The fraction of sp³-hybridized carbons (Fsp3) is 0.0714. The van der Waals surface area contributed by atoms with Crippen molar-refractivity contribution in [3.05, 3.63) is 64.1 Å². The van der Waals surface area contributed by atoms with Gasteiger partial charge in [-0.05, 0) is 30.3 Å². The molecular formula is C14H10BrNO. The Hall–Kier alpha value is -1.79. The third kappa shape index (κ3) is 3.08. The second kappa shape index (κ2) is 5.51. The van der Waals surface area contributed by atoms with Gasteiger partial charge in [0.25, 0.3) is 0 Å². The van der Waals surface area contributed by atoms with Gasteiger partial charge in [-0.25, -0.2) is 0 Å². The van der Waals surface area contributed by atoms with Crippen molar-refractivity contribution >= 4 is 15.9 Å². The van der Waals surface area contributed by atoms with Crippen molar-refractivity contribution in [1.29, 1.82) is 5.26 Å². The molecule has 2 rings (SSSR count). The molecule has 0 heterocycles. The molecule has 17 heavy (non-hydrogen) atoms. The van der Waals surface area contributed by atoms with Crippen LogP contribution in [-0.4, -0.2) is 0 Å². The molecule has 0 saturated carbocycles. The van der Waals surface area contributed by atoms with Gasteiger partial charge in [0.15, 0.2) is 0 Å². The van der Waals surface area contributed by atoms with Crippen LogP contribution in [0.3, 0.4) is 0 Å². The van der Waals surface area contributed by atoms with E-state index >= 15 is 0 Å². The first-order chi connectivity index (χ1) is 8.29. The molecule has 84 valence electrons.